The fourth-order valence-electron chi connectivity index (χ4n) is 0. The van der Waals surface area contributed by atoms with Crippen molar-refractivity contribution in [3.8, 4) is 0 Å². The second kappa shape index (κ2) is 4.84. The van der Waals surface area contributed by atoms with E-state index in [4.69, 9.17) is 14.4 Å². The Hall–Kier alpha value is 0.838. The molecule has 0 atom stereocenters. The van der Waals surface area contributed by atoms with E-state index in [0.717, 1.165) is 0 Å². The van der Waals surface area contributed by atoms with E-state index < -0.39 is 8.25 Å². The third-order valence-corrected chi connectivity index (χ3v) is 0. The number of hydrogen-bond donors (Lipinski definition) is 2. The Morgan fingerprint density at radius 2 is 1.40 bits per heavy atom. The van der Waals surface area contributed by atoms with E-state index in [1.807, 2.05) is 0 Å². The first kappa shape index (κ1) is 9.28. The molecule has 32 valence electrons. The Kier molecular flexibility index (Phi) is 8.98. The van der Waals surface area contributed by atoms with Crippen LogP contribution in [-0.4, -0.2) is 34.2 Å². The molecule has 0 aliphatic rings. The topological polar surface area (TPSA) is 57.5 Å². The zero-order valence-corrected chi connectivity index (χ0v) is 7.39. The van der Waals surface area contributed by atoms with Gasteiger partial charge in [0, 0.05) is 4.57 Å². The molecule has 0 spiro atoms. The van der Waals surface area contributed by atoms with Crippen molar-refractivity contribution in [3.05, 3.63) is 0 Å². The molecule has 0 unspecified atom stereocenters. The second-order valence-corrected chi connectivity index (χ2v) is 0.758. The van der Waals surface area contributed by atoms with Crippen molar-refractivity contribution < 1.29 is 14.4 Å². The second-order valence-electron chi connectivity index (χ2n) is 0.253. The van der Waals surface area contributed by atoms with Gasteiger partial charge in [-0.1, -0.05) is 0 Å². The summed E-state index contributed by atoms with van der Waals surface area (Å²) in [6.45, 7) is 0. The summed E-state index contributed by atoms with van der Waals surface area (Å²) in [5, 5.41) is 0. The van der Waals surface area contributed by atoms with E-state index >= 15 is 0 Å². The van der Waals surface area contributed by atoms with Crippen LogP contribution < -0.4 is 0 Å². The molecule has 5 heavy (non-hydrogen) atoms. The minimum absolute atomic E-state index is 0. The summed E-state index contributed by atoms with van der Waals surface area (Å²) in [5.74, 6) is 0. The first-order chi connectivity index (χ1) is 1.73. The molecular weight excluding hydrogens is 201 g/mol. The van der Waals surface area contributed by atoms with Gasteiger partial charge in [0.2, 0.25) is 0 Å². The minimum atomic E-state index is -2.87. The zero-order valence-electron chi connectivity index (χ0n) is 2.46. The Morgan fingerprint density at radius 3 is 1.40 bits per heavy atom. The molecule has 3 nitrogen and oxygen atoms in total. The van der Waals surface area contributed by atoms with Gasteiger partial charge < -0.3 is 0 Å². The molecule has 0 saturated carbocycles. The average Bonchev–Trinajstić information content (AvgIpc) is 0.811. The zero-order chi connectivity index (χ0) is 3.58. The predicted molar refractivity (Wildman–Crippen MR) is 22.0 cm³/mol. The van der Waals surface area contributed by atoms with Crippen LogP contribution in [0.1, 0.15) is 0 Å². The van der Waals surface area contributed by atoms with Gasteiger partial charge in [-0.3, -0.25) is 0 Å². The molecule has 0 heterocycles. The van der Waals surface area contributed by atoms with Gasteiger partial charge in [-0.2, -0.15) is 0 Å². The SMILES string of the molecule is O=[P+](O)O.[SbH3]. The standard InChI is InChI=1S/HO3P.Sb.3H/c1-4(2)3;;;;/h(H-,1,2,3);;;;/p+1. The van der Waals surface area contributed by atoms with Crippen LogP contribution in [0.5, 0.6) is 0 Å². The van der Waals surface area contributed by atoms with Crippen LogP contribution in [-0.2, 0) is 4.57 Å². The van der Waals surface area contributed by atoms with E-state index in [2.05, 4.69) is 0 Å². The summed E-state index contributed by atoms with van der Waals surface area (Å²) < 4.78 is 8.70. The van der Waals surface area contributed by atoms with Crippen LogP contribution in [0.15, 0.2) is 0 Å². The molecule has 5 heteroatoms. The summed E-state index contributed by atoms with van der Waals surface area (Å²) in [6, 6.07) is 0. The molecule has 0 aliphatic heterocycles. The summed E-state index contributed by atoms with van der Waals surface area (Å²) in [6.07, 6.45) is 0. The Labute approximate surface area is 47.4 Å². The third-order valence-electron chi connectivity index (χ3n) is 0. The fourth-order valence-corrected chi connectivity index (χ4v) is 0. The average molecular weight is 206 g/mol. The summed E-state index contributed by atoms with van der Waals surface area (Å²) in [5.41, 5.74) is 0. The van der Waals surface area contributed by atoms with Crippen LogP contribution in [0.2, 0.25) is 0 Å². The molecule has 0 bridgehead atoms. The van der Waals surface area contributed by atoms with E-state index in [1.165, 1.54) is 0 Å². The first-order valence-electron chi connectivity index (χ1n) is 0.583. The van der Waals surface area contributed by atoms with Crippen LogP contribution in [0, 0.1) is 0 Å². The van der Waals surface area contributed by atoms with Crippen molar-refractivity contribution in [3.63, 3.8) is 0 Å². The summed E-state index contributed by atoms with van der Waals surface area (Å²) >= 11 is 0. The van der Waals surface area contributed by atoms with Crippen molar-refractivity contribution in [2.45, 2.75) is 0 Å². The molecule has 0 aromatic carbocycles. The van der Waals surface area contributed by atoms with Gasteiger partial charge in [0.25, 0.3) is 0 Å². The maximum atomic E-state index is 8.70. The van der Waals surface area contributed by atoms with Gasteiger partial charge in [-0.05, 0) is 0 Å². The molecule has 0 radical (unpaired) electrons. The van der Waals surface area contributed by atoms with Crippen molar-refractivity contribution in [1.82, 2.24) is 0 Å². The fraction of sp³-hybridized carbons (Fsp3) is 0. The van der Waals surface area contributed by atoms with Gasteiger partial charge >= 0.3 is 32.7 Å². The number of hydrogen-bond acceptors (Lipinski definition) is 1. The van der Waals surface area contributed by atoms with Crippen molar-refractivity contribution in [2.24, 2.45) is 0 Å². The van der Waals surface area contributed by atoms with E-state index in [1.54, 1.807) is 0 Å². The van der Waals surface area contributed by atoms with Crippen LogP contribution >= 0.6 is 8.25 Å². The van der Waals surface area contributed by atoms with E-state index in [9.17, 15) is 0 Å². The maximum absolute atomic E-state index is 8.70. The molecule has 2 N–H and O–H groups in total. The van der Waals surface area contributed by atoms with Crippen molar-refractivity contribution in [2.75, 3.05) is 0 Å². The Bertz CT molecular complexity index is 29.9. The molecule has 0 aliphatic carbocycles. The Balaban J connectivity index is 0. The van der Waals surface area contributed by atoms with Gasteiger partial charge in [0.05, 0.1) is 0 Å². The first-order valence-corrected chi connectivity index (χ1v) is 1.75. The quantitative estimate of drug-likeness (QED) is 0.372. The van der Waals surface area contributed by atoms with Crippen molar-refractivity contribution >= 4 is 32.7 Å². The normalized spacial score (nSPS) is 5.20. The number of rotatable bonds is 0. The molecule has 0 fully saturated rings. The van der Waals surface area contributed by atoms with E-state index in [0.29, 0.717) is 0 Å². The van der Waals surface area contributed by atoms with Gasteiger partial charge in [0.1, 0.15) is 0 Å². The monoisotopic (exact) mass is 205 g/mol. The van der Waals surface area contributed by atoms with Gasteiger partial charge in [0.15, 0.2) is 0 Å². The van der Waals surface area contributed by atoms with Gasteiger partial charge in [-0.15, -0.1) is 9.79 Å². The summed E-state index contributed by atoms with van der Waals surface area (Å²) in [7, 11) is -2.87. The summed E-state index contributed by atoms with van der Waals surface area (Å²) in [4.78, 5) is 14.2. The van der Waals surface area contributed by atoms with Gasteiger partial charge in [-0.25, -0.2) is 0 Å². The third kappa shape index (κ3) is 55.5. The molecule has 0 amide bonds. The molecular formula is H5O3PSb+. The molecule has 0 aromatic rings. The van der Waals surface area contributed by atoms with E-state index in [-0.39, 0.29) is 24.4 Å². The molecule has 0 saturated heterocycles. The Morgan fingerprint density at radius 1 is 1.40 bits per heavy atom. The van der Waals surface area contributed by atoms with Crippen LogP contribution in [0.25, 0.3) is 0 Å². The predicted octanol–water partition coefficient (Wildman–Crippen LogP) is -1.56. The molecule has 0 rings (SSSR count). The van der Waals surface area contributed by atoms with Crippen LogP contribution in [0.4, 0.5) is 0 Å². The van der Waals surface area contributed by atoms with Crippen molar-refractivity contribution in [1.29, 1.82) is 0 Å². The van der Waals surface area contributed by atoms with Crippen LogP contribution in [0.3, 0.4) is 0 Å². The molecule has 0 aromatic heterocycles.